The van der Waals surface area contributed by atoms with E-state index in [1.165, 1.54) is 0 Å². The van der Waals surface area contributed by atoms with Crippen molar-refractivity contribution in [2.75, 3.05) is 6.61 Å². The maximum Gasteiger partial charge on any atom is 0.225 e. The van der Waals surface area contributed by atoms with Gasteiger partial charge < -0.3 is 10.5 Å². The summed E-state index contributed by atoms with van der Waals surface area (Å²) in [6.45, 7) is 0.599. The van der Waals surface area contributed by atoms with E-state index in [4.69, 9.17) is 22.1 Å². The molecule has 2 rings (SSSR count). The molecule has 70 valence electrons. The number of aromatic nitrogens is 2. The van der Waals surface area contributed by atoms with Gasteiger partial charge >= 0.3 is 0 Å². The molecule has 0 bridgehead atoms. The van der Waals surface area contributed by atoms with Crippen LogP contribution >= 0.6 is 11.6 Å². The SMILES string of the molecule is NC1CCOc2nc(Cl)ncc2C1. The molecular weight excluding hydrogens is 190 g/mol. The molecule has 4 nitrogen and oxygen atoms in total. The van der Waals surface area contributed by atoms with Gasteiger partial charge in [0.25, 0.3) is 0 Å². The summed E-state index contributed by atoms with van der Waals surface area (Å²) in [7, 11) is 0. The van der Waals surface area contributed by atoms with Crippen LogP contribution in [-0.4, -0.2) is 22.6 Å². The van der Waals surface area contributed by atoms with E-state index in [1.54, 1.807) is 6.20 Å². The quantitative estimate of drug-likeness (QED) is 0.628. The second kappa shape index (κ2) is 3.47. The molecule has 5 heteroatoms. The second-order valence-corrected chi connectivity index (χ2v) is 3.41. The first-order chi connectivity index (χ1) is 6.25. The third-order valence-electron chi connectivity index (χ3n) is 2.00. The Labute approximate surface area is 81.1 Å². The van der Waals surface area contributed by atoms with Crippen LogP contribution in [-0.2, 0) is 6.42 Å². The summed E-state index contributed by atoms with van der Waals surface area (Å²) in [5.74, 6) is 0.577. The molecule has 0 aromatic carbocycles. The highest BCUT2D eigenvalue weighted by Gasteiger charge is 2.16. The van der Waals surface area contributed by atoms with Crippen molar-refractivity contribution in [3.8, 4) is 5.88 Å². The molecule has 2 N–H and O–H groups in total. The maximum atomic E-state index is 5.82. The molecule has 13 heavy (non-hydrogen) atoms. The Balaban J connectivity index is 2.34. The maximum absolute atomic E-state index is 5.82. The number of fused-ring (bicyclic) bond motifs is 1. The van der Waals surface area contributed by atoms with Gasteiger partial charge in [0.1, 0.15) is 0 Å². The van der Waals surface area contributed by atoms with Gasteiger partial charge in [0.2, 0.25) is 11.2 Å². The highest BCUT2D eigenvalue weighted by molar-refractivity contribution is 6.28. The van der Waals surface area contributed by atoms with E-state index < -0.39 is 0 Å². The Kier molecular flexibility index (Phi) is 2.33. The van der Waals surface area contributed by atoms with Gasteiger partial charge in [-0.05, 0) is 24.4 Å². The lowest BCUT2D eigenvalue weighted by molar-refractivity contribution is 0.299. The number of ether oxygens (including phenoxy) is 1. The van der Waals surface area contributed by atoms with Crippen LogP contribution in [0.2, 0.25) is 5.28 Å². The summed E-state index contributed by atoms with van der Waals surface area (Å²) >= 11 is 5.63. The summed E-state index contributed by atoms with van der Waals surface area (Å²) < 4.78 is 5.38. The van der Waals surface area contributed by atoms with Crippen LogP contribution in [0.4, 0.5) is 0 Å². The van der Waals surface area contributed by atoms with Crippen molar-refractivity contribution in [1.29, 1.82) is 0 Å². The minimum atomic E-state index is 0.131. The number of hydrogen-bond donors (Lipinski definition) is 1. The zero-order valence-corrected chi connectivity index (χ0v) is 7.79. The van der Waals surface area contributed by atoms with Crippen molar-refractivity contribution in [2.45, 2.75) is 18.9 Å². The normalized spacial score (nSPS) is 21.5. The zero-order chi connectivity index (χ0) is 9.26. The highest BCUT2D eigenvalue weighted by Crippen LogP contribution is 2.21. The summed E-state index contributed by atoms with van der Waals surface area (Å²) in [5.41, 5.74) is 6.76. The fourth-order valence-corrected chi connectivity index (χ4v) is 1.45. The Hall–Kier alpha value is -0.870. The molecule has 1 unspecified atom stereocenters. The molecule has 0 fully saturated rings. The molecule has 0 amide bonds. The minimum Gasteiger partial charge on any atom is -0.477 e. The molecule has 1 aliphatic heterocycles. The summed E-state index contributed by atoms with van der Waals surface area (Å²) in [6, 6.07) is 0.131. The molecule has 1 aromatic rings. The second-order valence-electron chi connectivity index (χ2n) is 3.07. The molecule has 1 atom stereocenters. The van der Waals surface area contributed by atoms with E-state index in [1.807, 2.05) is 0 Å². The lowest BCUT2D eigenvalue weighted by atomic mass is 10.1. The van der Waals surface area contributed by atoms with Gasteiger partial charge in [0.15, 0.2) is 0 Å². The average Bonchev–Trinajstić information content (AvgIpc) is 2.25. The van der Waals surface area contributed by atoms with Crippen molar-refractivity contribution in [3.05, 3.63) is 17.0 Å². The fraction of sp³-hybridized carbons (Fsp3) is 0.500. The topological polar surface area (TPSA) is 61.0 Å². The largest absolute Gasteiger partial charge is 0.477 e. The monoisotopic (exact) mass is 199 g/mol. The molecule has 0 saturated heterocycles. The van der Waals surface area contributed by atoms with Crippen LogP contribution < -0.4 is 10.5 Å². The first kappa shape index (κ1) is 8.72. The van der Waals surface area contributed by atoms with Gasteiger partial charge in [0.05, 0.1) is 6.61 Å². The molecule has 2 heterocycles. The number of nitrogens with zero attached hydrogens (tertiary/aromatic N) is 2. The molecular formula is C8H10ClN3O. The van der Waals surface area contributed by atoms with E-state index in [0.717, 1.165) is 18.4 Å². The zero-order valence-electron chi connectivity index (χ0n) is 7.03. The minimum absolute atomic E-state index is 0.131. The number of hydrogen-bond acceptors (Lipinski definition) is 4. The summed E-state index contributed by atoms with van der Waals surface area (Å²) in [4.78, 5) is 7.87. The van der Waals surface area contributed by atoms with Crippen molar-refractivity contribution in [2.24, 2.45) is 5.73 Å². The van der Waals surface area contributed by atoms with Crippen molar-refractivity contribution in [1.82, 2.24) is 9.97 Å². The van der Waals surface area contributed by atoms with Gasteiger partial charge in [-0.2, -0.15) is 4.98 Å². The van der Waals surface area contributed by atoms with Gasteiger partial charge in [-0.3, -0.25) is 0 Å². The Morgan fingerprint density at radius 1 is 1.62 bits per heavy atom. The molecule has 1 aromatic heterocycles. The predicted octanol–water partition coefficient (Wildman–Crippen LogP) is 0.782. The van der Waals surface area contributed by atoms with E-state index in [-0.39, 0.29) is 11.3 Å². The van der Waals surface area contributed by atoms with Gasteiger partial charge in [0, 0.05) is 17.8 Å². The lowest BCUT2D eigenvalue weighted by Crippen LogP contribution is -2.22. The first-order valence-corrected chi connectivity index (χ1v) is 4.53. The van der Waals surface area contributed by atoms with Crippen LogP contribution in [0.25, 0.3) is 0 Å². The number of nitrogens with two attached hydrogens (primary N) is 1. The lowest BCUT2D eigenvalue weighted by Gasteiger charge is -2.04. The average molecular weight is 200 g/mol. The molecule has 1 aliphatic rings. The van der Waals surface area contributed by atoms with E-state index >= 15 is 0 Å². The van der Waals surface area contributed by atoms with Gasteiger partial charge in [-0.25, -0.2) is 4.98 Å². The van der Waals surface area contributed by atoms with Crippen LogP contribution in [0, 0.1) is 0 Å². The Bertz CT molecular complexity index is 318. The van der Waals surface area contributed by atoms with Crippen LogP contribution in [0.1, 0.15) is 12.0 Å². The Morgan fingerprint density at radius 3 is 3.31 bits per heavy atom. The first-order valence-electron chi connectivity index (χ1n) is 4.15. The van der Waals surface area contributed by atoms with E-state index in [2.05, 4.69) is 9.97 Å². The third-order valence-corrected chi connectivity index (χ3v) is 2.19. The van der Waals surface area contributed by atoms with Crippen LogP contribution in [0.15, 0.2) is 6.20 Å². The van der Waals surface area contributed by atoms with E-state index in [9.17, 15) is 0 Å². The molecule has 0 saturated carbocycles. The Morgan fingerprint density at radius 2 is 2.46 bits per heavy atom. The van der Waals surface area contributed by atoms with Gasteiger partial charge in [-0.15, -0.1) is 0 Å². The predicted molar refractivity (Wildman–Crippen MR) is 48.8 cm³/mol. The van der Waals surface area contributed by atoms with Crippen molar-refractivity contribution in [3.63, 3.8) is 0 Å². The standard InChI is InChI=1S/C8H10ClN3O/c9-8-11-4-5-3-6(10)1-2-13-7(5)12-8/h4,6H,1-3,10H2. The van der Waals surface area contributed by atoms with Crippen molar-refractivity contribution >= 4 is 11.6 Å². The summed E-state index contributed by atoms with van der Waals surface area (Å²) in [6.07, 6.45) is 3.27. The van der Waals surface area contributed by atoms with Crippen LogP contribution in [0.5, 0.6) is 5.88 Å². The van der Waals surface area contributed by atoms with Crippen LogP contribution in [0.3, 0.4) is 0 Å². The smallest absolute Gasteiger partial charge is 0.225 e. The molecule has 0 spiro atoms. The highest BCUT2D eigenvalue weighted by atomic mass is 35.5. The van der Waals surface area contributed by atoms with Crippen molar-refractivity contribution < 1.29 is 4.74 Å². The van der Waals surface area contributed by atoms with Gasteiger partial charge in [-0.1, -0.05) is 0 Å². The number of halogens is 1. The summed E-state index contributed by atoms with van der Waals surface area (Å²) in [5, 5.41) is 0.217. The number of rotatable bonds is 0. The fourth-order valence-electron chi connectivity index (χ4n) is 1.33. The third kappa shape index (κ3) is 1.89. The molecule has 0 aliphatic carbocycles. The molecule has 0 radical (unpaired) electrons. The van der Waals surface area contributed by atoms with E-state index in [0.29, 0.717) is 12.5 Å².